The molecule has 1 amide bonds. The van der Waals surface area contributed by atoms with Crippen molar-refractivity contribution < 1.29 is 19.2 Å². The topological polar surface area (TPSA) is 99.7 Å². The van der Waals surface area contributed by atoms with Gasteiger partial charge in [-0.2, -0.15) is 5.10 Å². The van der Waals surface area contributed by atoms with Crippen LogP contribution in [0.1, 0.15) is 39.8 Å². The molecule has 0 saturated heterocycles. The third kappa shape index (κ3) is 4.14. The Morgan fingerprint density at radius 2 is 1.81 bits per heavy atom. The average Bonchev–Trinajstić information content (AvgIpc) is 3.35. The Balaban J connectivity index is 1.46. The number of nitrogens with zero attached hydrogens (tertiary/aromatic N) is 4. The molecule has 3 aromatic rings. The average molecular weight is 436 g/mol. The maximum absolute atomic E-state index is 13.0. The number of ether oxygens (including phenoxy) is 2. The second-order valence-corrected chi connectivity index (χ2v) is 7.64. The third-order valence-corrected chi connectivity index (χ3v) is 5.54. The standard InChI is InChI=1S/C23H24N4O5/c1-4-25(12-18-7-10-20-21(11-18)32-14-31-20)23(28)19-8-5-17(6-9-19)13-26-16(3)22(27(29)30)15(2)24-26/h5-11H,4,12-14H2,1-3H3. The lowest BCUT2D eigenvalue weighted by Gasteiger charge is -2.21. The molecule has 0 spiro atoms. The third-order valence-electron chi connectivity index (χ3n) is 5.54. The molecule has 9 heteroatoms. The maximum Gasteiger partial charge on any atom is 0.312 e. The SMILES string of the molecule is CCN(Cc1ccc2c(c1)OCO2)C(=O)c1ccc(Cn2nc(C)c([N+](=O)[O-])c2C)cc1. The fourth-order valence-corrected chi connectivity index (χ4v) is 3.80. The minimum Gasteiger partial charge on any atom is -0.454 e. The molecule has 166 valence electrons. The first-order valence-corrected chi connectivity index (χ1v) is 10.3. The second kappa shape index (κ2) is 8.70. The molecular weight excluding hydrogens is 412 g/mol. The molecule has 0 fully saturated rings. The van der Waals surface area contributed by atoms with Crippen molar-refractivity contribution in [2.24, 2.45) is 0 Å². The molecule has 0 unspecified atom stereocenters. The summed E-state index contributed by atoms with van der Waals surface area (Å²) >= 11 is 0. The Hall–Kier alpha value is -3.88. The highest BCUT2D eigenvalue weighted by molar-refractivity contribution is 5.94. The molecule has 0 N–H and O–H groups in total. The number of benzene rings is 2. The summed E-state index contributed by atoms with van der Waals surface area (Å²) in [4.78, 5) is 25.6. The zero-order valence-corrected chi connectivity index (χ0v) is 18.2. The van der Waals surface area contributed by atoms with Gasteiger partial charge in [-0.05, 0) is 56.2 Å². The van der Waals surface area contributed by atoms with E-state index in [1.807, 2.05) is 37.3 Å². The van der Waals surface area contributed by atoms with Crippen molar-refractivity contribution in [3.8, 4) is 11.5 Å². The first-order valence-electron chi connectivity index (χ1n) is 10.3. The van der Waals surface area contributed by atoms with E-state index in [0.717, 1.165) is 11.1 Å². The number of nitro groups is 1. The summed E-state index contributed by atoms with van der Waals surface area (Å²) in [5, 5.41) is 15.5. The van der Waals surface area contributed by atoms with Crippen LogP contribution in [0, 0.1) is 24.0 Å². The van der Waals surface area contributed by atoms with E-state index in [-0.39, 0.29) is 18.4 Å². The van der Waals surface area contributed by atoms with Crippen LogP contribution in [0.25, 0.3) is 0 Å². The lowest BCUT2D eigenvalue weighted by Crippen LogP contribution is -2.30. The number of aromatic nitrogens is 2. The number of fused-ring (bicyclic) bond motifs is 1. The van der Waals surface area contributed by atoms with Gasteiger partial charge in [0.2, 0.25) is 6.79 Å². The normalized spacial score (nSPS) is 12.1. The van der Waals surface area contributed by atoms with Crippen molar-refractivity contribution in [3.63, 3.8) is 0 Å². The highest BCUT2D eigenvalue weighted by atomic mass is 16.7. The van der Waals surface area contributed by atoms with Crippen molar-refractivity contribution in [1.82, 2.24) is 14.7 Å². The minimum atomic E-state index is -0.407. The van der Waals surface area contributed by atoms with E-state index in [0.29, 0.717) is 48.1 Å². The molecule has 0 aliphatic carbocycles. The molecule has 0 saturated carbocycles. The molecule has 4 rings (SSSR count). The van der Waals surface area contributed by atoms with Crippen LogP contribution in [0.15, 0.2) is 42.5 Å². The van der Waals surface area contributed by atoms with Gasteiger partial charge in [0.15, 0.2) is 11.5 Å². The second-order valence-electron chi connectivity index (χ2n) is 7.64. The van der Waals surface area contributed by atoms with E-state index in [2.05, 4.69) is 5.10 Å². The smallest absolute Gasteiger partial charge is 0.312 e. The van der Waals surface area contributed by atoms with Gasteiger partial charge in [-0.3, -0.25) is 19.6 Å². The zero-order chi connectivity index (χ0) is 22.8. The highest BCUT2D eigenvalue weighted by Crippen LogP contribution is 2.33. The number of carbonyl (C=O) groups is 1. The molecule has 1 aliphatic rings. The van der Waals surface area contributed by atoms with Gasteiger partial charge < -0.3 is 14.4 Å². The Morgan fingerprint density at radius 1 is 1.12 bits per heavy atom. The monoisotopic (exact) mass is 436 g/mol. The van der Waals surface area contributed by atoms with Crippen LogP contribution in [0.4, 0.5) is 5.69 Å². The first kappa shape index (κ1) is 21.4. The van der Waals surface area contributed by atoms with Gasteiger partial charge in [-0.15, -0.1) is 0 Å². The van der Waals surface area contributed by atoms with Crippen LogP contribution < -0.4 is 9.47 Å². The lowest BCUT2D eigenvalue weighted by atomic mass is 10.1. The highest BCUT2D eigenvalue weighted by Gasteiger charge is 2.22. The first-order chi connectivity index (χ1) is 15.4. The zero-order valence-electron chi connectivity index (χ0n) is 18.2. The maximum atomic E-state index is 13.0. The number of hydrogen-bond donors (Lipinski definition) is 0. The molecule has 0 atom stereocenters. The Bertz CT molecular complexity index is 1170. The van der Waals surface area contributed by atoms with Gasteiger partial charge in [0, 0.05) is 18.7 Å². The summed E-state index contributed by atoms with van der Waals surface area (Å²) in [7, 11) is 0. The van der Waals surface area contributed by atoms with E-state index < -0.39 is 4.92 Å². The van der Waals surface area contributed by atoms with E-state index >= 15 is 0 Å². The summed E-state index contributed by atoms with van der Waals surface area (Å²) < 4.78 is 12.4. The van der Waals surface area contributed by atoms with Gasteiger partial charge in [0.05, 0.1) is 11.5 Å². The predicted molar refractivity (Wildman–Crippen MR) is 117 cm³/mol. The summed E-state index contributed by atoms with van der Waals surface area (Å²) in [6.45, 7) is 6.88. The van der Waals surface area contributed by atoms with Crippen LogP contribution in [0.3, 0.4) is 0 Å². The summed E-state index contributed by atoms with van der Waals surface area (Å²) in [5.41, 5.74) is 3.39. The number of aryl methyl sites for hydroxylation is 1. The molecule has 0 radical (unpaired) electrons. The van der Waals surface area contributed by atoms with Gasteiger partial charge in [0.1, 0.15) is 11.4 Å². The number of carbonyl (C=O) groups excluding carboxylic acids is 1. The fraction of sp³-hybridized carbons (Fsp3) is 0.304. The van der Waals surface area contributed by atoms with E-state index in [1.54, 1.807) is 35.6 Å². The molecule has 2 aromatic carbocycles. The van der Waals surface area contributed by atoms with Gasteiger partial charge >= 0.3 is 5.69 Å². The molecular formula is C23H24N4O5. The summed E-state index contributed by atoms with van der Waals surface area (Å²) in [5.74, 6) is 1.34. The number of rotatable bonds is 7. The molecule has 2 heterocycles. The van der Waals surface area contributed by atoms with E-state index in [9.17, 15) is 14.9 Å². The van der Waals surface area contributed by atoms with Crippen LogP contribution in [0.2, 0.25) is 0 Å². The minimum absolute atomic E-state index is 0.0407. The molecule has 9 nitrogen and oxygen atoms in total. The van der Waals surface area contributed by atoms with Gasteiger partial charge in [-0.25, -0.2) is 0 Å². The van der Waals surface area contributed by atoms with Crippen molar-refractivity contribution >= 4 is 11.6 Å². The fourth-order valence-electron chi connectivity index (χ4n) is 3.80. The lowest BCUT2D eigenvalue weighted by molar-refractivity contribution is -0.386. The Morgan fingerprint density at radius 3 is 2.47 bits per heavy atom. The van der Waals surface area contributed by atoms with Crippen molar-refractivity contribution in [2.75, 3.05) is 13.3 Å². The Kier molecular flexibility index (Phi) is 5.81. The van der Waals surface area contributed by atoms with Crippen molar-refractivity contribution in [2.45, 2.75) is 33.9 Å². The molecule has 0 bridgehead atoms. The quantitative estimate of drug-likeness (QED) is 0.412. The van der Waals surface area contributed by atoms with E-state index in [1.165, 1.54) is 0 Å². The van der Waals surface area contributed by atoms with Crippen LogP contribution >= 0.6 is 0 Å². The molecule has 32 heavy (non-hydrogen) atoms. The van der Waals surface area contributed by atoms with Crippen LogP contribution in [0.5, 0.6) is 11.5 Å². The summed E-state index contributed by atoms with van der Waals surface area (Å²) in [6, 6.07) is 12.9. The number of hydrogen-bond acceptors (Lipinski definition) is 6. The molecule has 1 aliphatic heterocycles. The Labute approximate surface area is 185 Å². The van der Waals surface area contributed by atoms with Gasteiger partial charge in [-0.1, -0.05) is 18.2 Å². The largest absolute Gasteiger partial charge is 0.454 e. The van der Waals surface area contributed by atoms with E-state index in [4.69, 9.17) is 9.47 Å². The van der Waals surface area contributed by atoms with Crippen LogP contribution in [-0.4, -0.2) is 38.8 Å². The number of amides is 1. The van der Waals surface area contributed by atoms with Crippen molar-refractivity contribution in [1.29, 1.82) is 0 Å². The van der Waals surface area contributed by atoms with Crippen LogP contribution in [-0.2, 0) is 13.1 Å². The van der Waals surface area contributed by atoms with Crippen molar-refractivity contribution in [3.05, 3.63) is 80.7 Å². The predicted octanol–water partition coefficient (Wildman–Crippen LogP) is 3.85. The molecule has 1 aromatic heterocycles. The van der Waals surface area contributed by atoms with Gasteiger partial charge in [0.25, 0.3) is 5.91 Å². The summed E-state index contributed by atoms with van der Waals surface area (Å²) in [6.07, 6.45) is 0.